The van der Waals surface area contributed by atoms with E-state index in [9.17, 15) is 18.0 Å². The van der Waals surface area contributed by atoms with Gasteiger partial charge in [0.15, 0.2) is 0 Å². The Labute approximate surface area is 238 Å². The third-order valence-electron chi connectivity index (χ3n) is 5.78. The van der Waals surface area contributed by atoms with Crippen molar-refractivity contribution < 1.29 is 18.0 Å². The average molecular weight is 597 g/mol. The van der Waals surface area contributed by atoms with E-state index in [1.165, 1.54) is 35.2 Å². The van der Waals surface area contributed by atoms with Gasteiger partial charge in [-0.1, -0.05) is 72.1 Å². The van der Waals surface area contributed by atoms with Crippen LogP contribution in [0.25, 0.3) is 0 Å². The van der Waals surface area contributed by atoms with Crippen molar-refractivity contribution in [3.8, 4) is 0 Å². The summed E-state index contributed by atoms with van der Waals surface area (Å²) in [4.78, 5) is 28.0. The second-order valence-corrected chi connectivity index (χ2v) is 11.7. The van der Waals surface area contributed by atoms with Crippen molar-refractivity contribution in [3.05, 3.63) is 93.4 Å². The first-order valence-electron chi connectivity index (χ1n) is 11.9. The molecule has 0 spiro atoms. The minimum absolute atomic E-state index is 0.00291. The zero-order chi connectivity index (χ0) is 27.9. The summed E-state index contributed by atoms with van der Waals surface area (Å²) in [5.74, 6) is -0.925. The van der Waals surface area contributed by atoms with Crippen LogP contribution in [0.15, 0.2) is 77.7 Å². The summed E-state index contributed by atoms with van der Waals surface area (Å²) in [6.45, 7) is 3.47. The molecule has 38 heavy (non-hydrogen) atoms. The minimum Gasteiger partial charge on any atom is -0.354 e. The molecule has 202 valence electrons. The van der Waals surface area contributed by atoms with E-state index in [1.54, 1.807) is 49.4 Å². The number of anilines is 1. The molecule has 11 heteroatoms. The molecule has 0 aliphatic carbocycles. The number of benzene rings is 3. The Kier molecular flexibility index (Phi) is 10.4. The smallest absolute Gasteiger partial charge is 0.264 e. The number of rotatable bonds is 11. The lowest BCUT2D eigenvalue weighted by Crippen LogP contribution is -2.51. The fourth-order valence-corrected chi connectivity index (χ4v) is 5.50. The Morgan fingerprint density at radius 2 is 1.58 bits per heavy atom. The van der Waals surface area contributed by atoms with Crippen LogP contribution in [-0.4, -0.2) is 44.3 Å². The van der Waals surface area contributed by atoms with Crippen molar-refractivity contribution in [2.75, 3.05) is 17.4 Å². The van der Waals surface area contributed by atoms with E-state index in [0.717, 1.165) is 16.3 Å². The number of nitrogens with one attached hydrogen (secondary N) is 1. The van der Waals surface area contributed by atoms with Crippen molar-refractivity contribution in [3.63, 3.8) is 0 Å². The van der Waals surface area contributed by atoms with E-state index >= 15 is 0 Å². The molecule has 0 heterocycles. The predicted molar refractivity (Wildman–Crippen MR) is 152 cm³/mol. The van der Waals surface area contributed by atoms with E-state index in [2.05, 4.69) is 5.32 Å². The number of carbonyl (C=O) groups excluding carboxylic acids is 2. The Morgan fingerprint density at radius 3 is 2.18 bits per heavy atom. The van der Waals surface area contributed by atoms with Crippen LogP contribution in [0.3, 0.4) is 0 Å². The molecule has 0 unspecified atom stereocenters. The molecule has 0 bridgehead atoms. The molecule has 0 aliphatic rings. The van der Waals surface area contributed by atoms with Gasteiger partial charge in [-0.05, 0) is 61.4 Å². The van der Waals surface area contributed by atoms with E-state index in [0.29, 0.717) is 11.6 Å². The van der Waals surface area contributed by atoms with E-state index in [4.69, 9.17) is 34.8 Å². The Morgan fingerprint density at radius 1 is 0.921 bits per heavy atom. The van der Waals surface area contributed by atoms with Crippen molar-refractivity contribution in [2.45, 2.75) is 37.8 Å². The number of nitrogens with zero attached hydrogens (tertiary/aromatic N) is 2. The standard InChI is InChI=1S/C27H28Cl3N3O4S/c1-3-15-31-27(35)19(2)32(17-20-9-11-21(28)12-10-20)26(34)18-33(22-13-14-24(29)25(30)16-22)38(36,37)23-7-5-4-6-8-23/h4-14,16,19H,3,15,17-18H2,1-2H3,(H,31,35)/t19-/m1/s1. The first kappa shape index (κ1) is 29.8. The molecule has 0 saturated carbocycles. The van der Waals surface area contributed by atoms with Gasteiger partial charge in [-0.3, -0.25) is 13.9 Å². The number of carbonyl (C=O) groups is 2. The average Bonchev–Trinajstić information content (AvgIpc) is 2.91. The van der Waals surface area contributed by atoms with Gasteiger partial charge in [-0.15, -0.1) is 0 Å². The topological polar surface area (TPSA) is 86.8 Å². The molecule has 0 saturated heterocycles. The molecular weight excluding hydrogens is 569 g/mol. The molecule has 1 atom stereocenters. The first-order valence-corrected chi connectivity index (χ1v) is 14.5. The molecule has 2 amide bonds. The molecule has 1 N–H and O–H groups in total. The summed E-state index contributed by atoms with van der Waals surface area (Å²) in [6.07, 6.45) is 0.726. The zero-order valence-corrected chi connectivity index (χ0v) is 24.0. The summed E-state index contributed by atoms with van der Waals surface area (Å²) in [6, 6.07) is 18.1. The third kappa shape index (κ3) is 7.41. The number of hydrogen-bond acceptors (Lipinski definition) is 4. The van der Waals surface area contributed by atoms with E-state index in [-0.39, 0.29) is 33.1 Å². The lowest BCUT2D eigenvalue weighted by Gasteiger charge is -2.32. The molecule has 0 fully saturated rings. The normalized spacial score (nSPS) is 12.0. The lowest BCUT2D eigenvalue weighted by atomic mass is 10.1. The van der Waals surface area contributed by atoms with Crippen LogP contribution in [-0.2, 0) is 26.2 Å². The molecule has 0 aromatic heterocycles. The molecule has 3 rings (SSSR count). The Bertz CT molecular complexity index is 1370. The van der Waals surface area contributed by atoms with Gasteiger partial charge in [0.25, 0.3) is 10.0 Å². The van der Waals surface area contributed by atoms with Crippen LogP contribution in [0.2, 0.25) is 15.1 Å². The largest absolute Gasteiger partial charge is 0.354 e. The predicted octanol–water partition coefficient (Wildman–Crippen LogP) is 5.79. The maximum Gasteiger partial charge on any atom is 0.264 e. The number of hydrogen-bond donors (Lipinski definition) is 1. The monoisotopic (exact) mass is 595 g/mol. The van der Waals surface area contributed by atoms with Gasteiger partial charge >= 0.3 is 0 Å². The van der Waals surface area contributed by atoms with Gasteiger partial charge in [0, 0.05) is 18.1 Å². The van der Waals surface area contributed by atoms with E-state index < -0.39 is 28.5 Å². The SMILES string of the molecule is CCCNC(=O)[C@@H](C)N(Cc1ccc(Cl)cc1)C(=O)CN(c1ccc(Cl)c(Cl)c1)S(=O)(=O)c1ccccc1. The van der Waals surface area contributed by atoms with Crippen LogP contribution in [0.5, 0.6) is 0 Å². The van der Waals surface area contributed by atoms with Crippen LogP contribution in [0.4, 0.5) is 5.69 Å². The second kappa shape index (κ2) is 13.3. The van der Waals surface area contributed by atoms with Crippen LogP contribution in [0, 0.1) is 0 Å². The van der Waals surface area contributed by atoms with Crippen molar-refractivity contribution in [1.29, 1.82) is 0 Å². The maximum absolute atomic E-state index is 13.8. The second-order valence-electron chi connectivity index (χ2n) is 8.54. The van der Waals surface area contributed by atoms with Gasteiger partial charge in [-0.2, -0.15) is 0 Å². The number of amides is 2. The minimum atomic E-state index is -4.18. The summed E-state index contributed by atoms with van der Waals surface area (Å²) >= 11 is 18.3. The molecule has 3 aromatic rings. The summed E-state index contributed by atoms with van der Waals surface area (Å²) in [5.41, 5.74) is 0.885. The summed E-state index contributed by atoms with van der Waals surface area (Å²) < 4.78 is 28.4. The van der Waals surface area contributed by atoms with Crippen molar-refractivity contribution >= 4 is 62.3 Å². The molecule has 0 radical (unpaired) electrons. The van der Waals surface area contributed by atoms with Gasteiger partial charge in [0.2, 0.25) is 11.8 Å². The highest BCUT2D eigenvalue weighted by Crippen LogP contribution is 2.31. The van der Waals surface area contributed by atoms with Crippen molar-refractivity contribution in [1.82, 2.24) is 10.2 Å². The zero-order valence-electron chi connectivity index (χ0n) is 20.9. The Balaban J connectivity index is 2.02. The fourth-order valence-electron chi connectivity index (χ4n) is 3.65. The highest BCUT2D eigenvalue weighted by Gasteiger charge is 2.32. The van der Waals surface area contributed by atoms with Gasteiger partial charge in [0.1, 0.15) is 12.6 Å². The molecular formula is C27H28Cl3N3O4S. The lowest BCUT2D eigenvalue weighted by molar-refractivity contribution is -0.139. The fraction of sp³-hybridized carbons (Fsp3) is 0.259. The van der Waals surface area contributed by atoms with Gasteiger partial charge in [0.05, 0.1) is 20.6 Å². The quantitative estimate of drug-likeness (QED) is 0.304. The highest BCUT2D eigenvalue weighted by atomic mass is 35.5. The maximum atomic E-state index is 13.8. The Hall–Kier alpha value is -2.78. The van der Waals surface area contributed by atoms with E-state index in [1.807, 2.05) is 6.92 Å². The first-order chi connectivity index (χ1) is 18.0. The van der Waals surface area contributed by atoms with Crippen LogP contribution < -0.4 is 9.62 Å². The third-order valence-corrected chi connectivity index (χ3v) is 8.56. The molecule has 0 aliphatic heterocycles. The highest BCUT2D eigenvalue weighted by molar-refractivity contribution is 7.92. The molecule has 7 nitrogen and oxygen atoms in total. The van der Waals surface area contributed by atoms with Crippen molar-refractivity contribution in [2.24, 2.45) is 0 Å². The van der Waals surface area contributed by atoms with Gasteiger partial charge in [-0.25, -0.2) is 8.42 Å². The summed E-state index contributed by atoms with van der Waals surface area (Å²) in [7, 11) is -4.18. The summed E-state index contributed by atoms with van der Waals surface area (Å²) in [5, 5.41) is 3.70. The number of halogens is 3. The molecule has 3 aromatic carbocycles. The van der Waals surface area contributed by atoms with Gasteiger partial charge < -0.3 is 10.2 Å². The van der Waals surface area contributed by atoms with Crippen LogP contribution in [0.1, 0.15) is 25.8 Å². The van der Waals surface area contributed by atoms with Crippen LogP contribution >= 0.6 is 34.8 Å². The number of sulfonamides is 1.